The molecule has 0 amide bonds. The lowest BCUT2D eigenvalue weighted by atomic mass is 10.0. The molecule has 0 aromatic carbocycles. The number of hydrogen-bond acceptors (Lipinski definition) is 3. The van der Waals surface area contributed by atoms with Gasteiger partial charge in [-0.3, -0.25) is 4.79 Å². The number of methoxy groups -OCH3 is 1. The molecule has 1 aliphatic heterocycles. The van der Waals surface area contributed by atoms with Crippen LogP contribution in [-0.4, -0.2) is 25.3 Å². The summed E-state index contributed by atoms with van der Waals surface area (Å²) in [7, 11) is 1.46. The molecule has 0 spiro atoms. The number of rotatable bonds is 14. The fraction of sp³-hybridized carbons (Fsp3) is 0.944. The number of unbranched alkanes of at least 4 members (excludes halogenated alkanes) is 8. The zero-order valence-electron chi connectivity index (χ0n) is 14.1. The van der Waals surface area contributed by atoms with Gasteiger partial charge < -0.3 is 9.47 Å². The van der Waals surface area contributed by atoms with Gasteiger partial charge in [0.15, 0.2) is 0 Å². The Morgan fingerprint density at radius 2 is 1.38 bits per heavy atom. The molecule has 0 saturated carbocycles. The molecule has 2 atom stereocenters. The highest BCUT2D eigenvalue weighted by atomic mass is 18.4. The predicted molar refractivity (Wildman–Crippen MR) is 86.4 cm³/mol. The molecule has 1 fully saturated rings. The molecule has 21 heavy (non-hydrogen) atoms. The van der Waals surface area contributed by atoms with Gasteiger partial charge >= 0.3 is 5.97 Å². The number of carbonyl (C=O) groups is 1. The van der Waals surface area contributed by atoms with Crippen LogP contribution in [0, 0.1) is 0 Å². The van der Waals surface area contributed by atoms with E-state index in [1.165, 1.54) is 71.3 Å². The van der Waals surface area contributed by atoms with Crippen molar-refractivity contribution in [1.82, 2.24) is 0 Å². The summed E-state index contributed by atoms with van der Waals surface area (Å²) in [4.78, 5) is 10.9. The van der Waals surface area contributed by atoms with Gasteiger partial charge in [0.2, 0.25) is 0 Å². The summed E-state index contributed by atoms with van der Waals surface area (Å²) in [6.45, 7) is 2.26. The van der Waals surface area contributed by atoms with Gasteiger partial charge in [0, 0.05) is 6.42 Å². The smallest absolute Gasteiger partial charge is 0.305 e. The first-order valence-corrected chi connectivity index (χ1v) is 9.00. The average molecular weight is 300 g/mol. The molecular weight excluding hydrogens is 266 g/mol. The van der Waals surface area contributed by atoms with Crippen molar-refractivity contribution in [2.45, 2.75) is 103 Å². The van der Waals surface area contributed by atoms with E-state index in [0.29, 0.717) is 18.6 Å². The molecule has 0 aliphatic carbocycles. The first-order valence-electron chi connectivity index (χ1n) is 9.00. The van der Waals surface area contributed by atoms with Crippen molar-refractivity contribution in [2.24, 2.45) is 0 Å². The van der Waals surface area contributed by atoms with Crippen LogP contribution in [0.2, 0.25) is 0 Å². The standard InChI is InChI=1S/C18H34O3/c1-3-4-5-7-10-13-16-17(21-16)14-11-8-6-9-12-15-18(19)20-2/h16-17H,3-15H2,1-2H3/i21+2. The van der Waals surface area contributed by atoms with Crippen LogP contribution in [0.25, 0.3) is 0 Å². The van der Waals surface area contributed by atoms with E-state index in [1.807, 2.05) is 0 Å². The Balaban J connectivity index is 1.78. The lowest BCUT2D eigenvalue weighted by molar-refractivity contribution is -0.140. The minimum absolute atomic E-state index is 0.0804. The number of ether oxygens (including phenoxy) is 2. The van der Waals surface area contributed by atoms with Crippen molar-refractivity contribution < 1.29 is 14.3 Å². The predicted octanol–water partition coefficient (Wildman–Crippen LogP) is 5.02. The van der Waals surface area contributed by atoms with Crippen molar-refractivity contribution >= 4 is 5.97 Å². The van der Waals surface area contributed by atoms with Gasteiger partial charge in [0.25, 0.3) is 0 Å². The summed E-state index contributed by atoms with van der Waals surface area (Å²) in [5.41, 5.74) is 0. The SMILES string of the molecule is CCCCCCCC1[18O]C1CCCCCCCC(=O)OC. The summed E-state index contributed by atoms with van der Waals surface area (Å²) in [6, 6.07) is 0. The third kappa shape index (κ3) is 9.89. The number of esters is 1. The molecule has 1 rings (SSSR count). The van der Waals surface area contributed by atoms with Gasteiger partial charge in [-0.15, -0.1) is 0 Å². The van der Waals surface area contributed by atoms with Crippen LogP contribution < -0.4 is 0 Å². The maximum Gasteiger partial charge on any atom is 0.305 e. The number of hydrogen-bond donors (Lipinski definition) is 0. The molecule has 3 heteroatoms. The Morgan fingerprint density at radius 3 is 1.95 bits per heavy atom. The normalized spacial score (nSPS) is 20.5. The molecule has 0 aromatic rings. The van der Waals surface area contributed by atoms with E-state index in [9.17, 15) is 4.79 Å². The molecule has 0 radical (unpaired) electrons. The highest BCUT2D eigenvalue weighted by molar-refractivity contribution is 5.68. The van der Waals surface area contributed by atoms with Crippen LogP contribution in [-0.2, 0) is 14.3 Å². The molecular formula is C18H34O3. The minimum atomic E-state index is -0.0804. The van der Waals surface area contributed by atoms with Gasteiger partial charge in [-0.1, -0.05) is 64.7 Å². The molecule has 1 aliphatic rings. The van der Waals surface area contributed by atoms with E-state index >= 15 is 0 Å². The first kappa shape index (κ1) is 18.5. The van der Waals surface area contributed by atoms with Gasteiger partial charge in [0.05, 0.1) is 19.3 Å². The van der Waals surface area contributed by atoms with Gasteiger partial charge in [0.1, 0.15) is 0 Å². The highest BCUT2D eigenvalue weighted by Crippen LogP contribution is 2.31. The topological polar surface area (TPSA) is 38.8 Å². The Labute approximate surface area is 130 Å². The summed E-state index contributed by atoms with van der Waals surface area (Å²) < 4.78 is 10.4. The van der Waals surface area contributed by atoms with E-state index in [2.05, 4.69) is 11.7 Å². The van der Waals surface area contributed by atoms with Gasteiger partial charge in [-0.2, -0.15) is 0 Å². The monoisotopic (exact) mass is 300 g/mol. The lowest BCUT2D eigenvalue weighted by Gasteiger charge is -2.01. The van der Waals surface area contributed by atoms with Crippen molar-refractivity contribution in [3.8, 4) is 0 Å². The van der Waals surface area contributed by atoms with E-state index < -0.39 is 0 Å². The van der Waals surface area contributed by atoms with Crippen molar-refractivity contribution in [2.75, 3.05) is 7.11 Å². The van der Waals surface area contributed by atoms with Gasteiger partial charge in [-0.25, -0.2) is 0 Å². The maximum absolute atomic E-state index is 10.9. The third-order valence-electron chi connectivity index (χ3n) is 4.38. The molecule has 3 nitrogen and oxygen atoms in total. The zero-order valence-corrected chi connectivity index (χ0v) is 14.1. The maximum atomic E-state index is 10.9. The lowest BCUT2D eigenvalue weighted by Crippen LogP contribution is -1.99. The minimum Gasteiger partial charge on any atom is -0.469 e. The summed E-state index contributed by atoms with van der Waals surface area (Å²) in [6.07, 6.45) is 16.9. The van der Waals surface area contributed by atoms with E-state index in [1.54, 1.807) is 0 Å². The number of carbonyl (C=O) groups excluding carboxylic acids is 1. The van der Waals surface area contributed by atoms with Crippen LogP contribution in [0.5, 0.6) is 0 Å². The Bertz CT molecular complexity index is 265. The van der Waals surface area contributed by atoms with Crippen LogP contribution in [0.15, 0.2) is 0 Å². The molecule has 2 unspecified atom stereocenters. The van der Waals surface area contributed by atoms with Crippen molar-refractivity contribution in [1.29, 1.82) is 0 Å². The largest absolute Gasteiger partial charge is 0.469 e. The van der Waals surface area contributed by atoms with Crippen LogP contribution in [0.1, 0.15) is 90.4 Å². The first-order chi connectivity index (χ1) is 10.3. The second kappa shape index (κ2) is 12.0. The second-order valence-electron chi connectivity index (χ2n) is 6.30. The average Bonchev–Trinajstić information content (AvgIpc) is 3.24. The van der Waals surface area contributed by atoms with Crippen molar-refractivity contribution in [3.05, 3.63) is 0 Å². The van der Waals surface area contributed by atoms with Crippen LogP contribution >= 0.6 is 0 Å². The third-order valence-corrected chi connectivity index (χ3v) is 4.38. The molecule has 124 valence electrons. The van der Waals surface area contributed by atoms with E-state index in [-0.39, 0.29) is 5.97 Å². The zero-order chi connectivity index (χ0) is 15.3. The van der Waals surface area contributed by atoms with Crippen molar-refractivity contribution in [3.63, 3.8) is 0 Å². The fourth-order valence-corrected chi connectivity index (χ4v) is 2.88. The molecule has 0 aromatic heterocycles. The van der Waals surface area contributed by atoms with Crippen LogP contribution in [0.3, 0.4) is 0 Å². The molecule has 0 N–H and O–H groups in total. The molecule has 0 bridgehead atoms. The fourth-order valence-electron chi connectivity index (χ4n) is 2.88. The molecule has 1 heterocycles. The number of epoxide rings is 1. The Kier molecular flexibility index (Phi) is 10.6. The summed E-state index contributed by atoms with van der Waals surface area (Å²) >= 11 is 0. The molecule has 1 saturated heterocycles. The highest BCUT2D eigenvalue weighted by Gasteiger charge is 2.36. The van der Waals surface area contributed by atoms with Crippen LogP contribution in [0.4, 0.5) is 0 Å². The Morgan fingerprint density at radius 1 is 0.857 bits per heavy atom. The van der Waals surface area contributed by atoms with Gasteiger partial charge in [-0.05, 0) is 19.3 Å². The second-order valence-corrected chi connectivity index (χ2v) is 6.30. The van der Waals surface area contributed by atoms with E-state index in [0.717, 1.165) is 12.8 Å². The quantitative estimate of drug-likeness (QED) is 0.196. The summed E-state index contributed by atoms with van der Waals surface area (Å²) in [5, 5.41) is 0. The Hall–Kier alpha value is -0.570. The van der Waals surface area contributed by atoms with E-state index in [4.69, 9.17) is 4.74 Å². The summed E-state index contributed by atoms with van der Waals surface area (Å²) in [5.74, 6) is -0.0804.